The van der Waals surface area contributed by atoms with Gasteiger partial charge in [0.25, 0.3) is 17.9 Å². The molecule has 0 aliphatic heterocycles. The monoisotopic (exact) mass is 465 g/mol. The van der Waals surface area contributed by atoms with Crippen LogP contribution in [0.25, 0.3) is 11.8 Å². The summed E-state index contributed by atoms with van der Waals surface area (Å²) in [5.41, 5.74) is -0.0951. The molecule has 2 N–H and O–H groups in total. The zero-order chi connectivity index (χ0) is 23.7. The van der Waals surface area contributed by atoms with Crippen LogP contribution in [-0.2, 0) is 11.3 Å². The zero-order valence-corrected chi connectivity index (χ0v) is 18.8. The highest BCUT2D eigenvalue weighted by Crippen LogP contribution is 2.17. The number of anilines is 1. The van der Waals surface area contributed by atoms with Crippen molar-refractivity contribution in [2.24, 2.45) is 0 Å². The zero-order valence-electron chi connectivity index (χ0n) is 18.0. The van der Waals surface area contributed by atoms with Crippen molar-refractivity contribution in [2.45, 2.75) is 19.9 Å². The molecule has 0 radical (unpaired) electrons. The van der Waals surface area contributed by atoms with Gasteiger partial charge in [-0.1, -0.05) is 6.07 Å². The SMILES string of the molecule is CCn1c(=C(C#N)C(=O)NCC(F)F)sc(=CNc2cccc(OCCN(C)C)c2)c1=O. The average Bonchev–Trinajstić information content (AvgIpc) is 3.06. The van der Waals surface area contributed by atoms with Crippen molar-refractivity contribution < 1.29 is 18.3 Å². The Morgan fingerprint density at radius 1 is 1.41 bits per heavy atom. The van der Waals surface area contributed by atoms with Gasteiger partial charge in [0.2, 0.25) is 0 Å². The molecule has 0 saturated carbocycles. The Morgan fingerprint density at radius 2 is 2.16 bits per heavy atom. The molecule has 0 aliphatic carbocycles. The minimum absolute atomic E-state index is 0.112. The maximum atomic E-state index is 12.7. The first-order chi connectivity index (χ1) is 15.3. The number of aromatic nitrogens is 1. The van der Waals surface area contributed by atoms with Crippen molar-refractivity contribution in [1.29, 1.82) is 5.26 Å². The van der Waals surface area contributed by atoms with E-state index in [1.807, 2.05) is 30.4 Å². The molecule has 2 aromatic rings. The van der Waals surface area contributed by atoms with E-state index in [1.165, 1.54) is 10.8 Å². The second kappa shape index (κ2) is 12.0. The van der Waals surface area contributed by atoms with E-state index in [9.17, 15) is 23.6 Å². The summed E-state index contributed by atoms with van der Waals surface area (Å²) in [5, 5.41) is 14.4. The molecule has 0 unspecified atom stereocenters. The normalized spacial score (nSPS) is 12.6. The lowest BCUT2D eigenvalue weighted by atomic mass is 10.3. The first-order valence-corrected chi connectivity index (χ1v) is 10.6. The number of amides is 1. The number of halogens is 2. The van der Waals surface area contributed by atoms with E-state index in [2.05, 4.69) is 5.32 Å². The van der Waals surface area contributed by atoms with Crippen molar-refractivity contribution >= 4 is 34.7 Å². The van der Waals surface area contributed by atoms with Crippen molar-refractivity contribution in [2.75, 3.05) is 39.1 Å². The Kier molecular flexibility index (Phi) is 9.37. The number of carbonyl (C=O) groups is 1. The van der Waals surface area contributed by atoms with Crippen LogP contribution in [0.15, 0.2) is 29.1 Å². The van der Waals surface area contributed by atoms with Gasteiger partial charge in [-0.3, -0.25) is 14.2 Å². The standard InChI is InChI=1S/C21H25F2N5O3S/c1-4-28-20(30)17(32-21(28)16(11-24)19(29)26-13-18(22)23)12-25-14-6-5-7-15(10-14)31-9-8-27(2)3/h5-7,10,12,18,25H,4,8-9,13H2,1-3H3,(H,26,29). The molecule has 2 rings (SSSR count). The summed E-state index contributed by atoms with van der Waals surface area (Å²) in [5.74, 6) is -0.280. The van der Waals surface area contributed by atoms with Gasteiger partial charge in [-0.15, -0.1) is 11.3 Å². The van der Waals surface area contributed by atoms with E-state index in [0.29, 0.717) is 18.0 Å². The summed E-state index contributed by atoms with van der Waals surface area (Å²) in [6.07, 6.45) is -1.26. The average molecular weight is 466 g/mol. The topological polar surface area (TPSA) is 99.4 Å². The van der Waals surface area contributed by atoms with E-state index in [0.717, 1.165) is 17.9 Å². The number of benzene rings is 1. The molecular weight excluding hydrogens is 440 g/mol. The summed E-state index contributed by atoms with van der Waals surface area (Å²) in [4.78, 5) is 26.9. The molecule has 0 bridgehead atoms. The van der Waals surface area contributed by atoms with Crippen LogP contribution in [0.3, 0.4) is 0 Å². The van der Waals surface area contributed by atoms with Crippen LogP contribution in [-0.4, -0.2) is 55.6 Å². The molecular formula is C21H25F2N5O3S. The number of hydrogen-bond donors (Lipinski definition) is 2. The van der Waals surface area contributed by atoms with Gasteiger partial charge in [0.05, 0.1) is 6.54 Å². The van der Waals surface area contributed by atoms with Gasteiger partial charge >= 0.3 is 0 Å². The quantitative estimate of drug-likeness (QED) is 0.538. The summed E-state index contributed by atoms with van der Waals surface area (Å²) >= 11 is 0.934. The van der Waals surface area contributed by atoms with Gasteiger partial charge in [-0.2, -0.15) is 5.26 Å². The summed E-state index contributed by atoms with van der Waals surface area (Å²) < 4.78 is 32.1. The molecule has 1 amide bonds. The number of nitrogens with one attached hydrogen (secondary N) is 2. The maximum absolute atomic E-state index is 12.7. The number of ether oxygens (including phenoxy) is 1. The summed E-state index contributed by atoms with van der Waals surface area (Å²) in [7, 11) is 3.90. The Morgan fingerprint density at radius 3 is 2.78 bits per heavy atom. The lowest BCUT2D eigenvalue weighted by molar-refractivity contribution is -0.116. The molecule has 8 nitrogen and oxygen atoms in total. The molecule has 1 heterocycles. The third-order valence-electron chi connectivity index (χ3n) is 4.20. The van der Waals surface area contributed by atoms with Crippen molar-refractivity contribution in [3.05, 3.63) is 43.8 Å². The fourth-order valence-electron chi connectivity index (χ4n) is 2.62. The Hall–Kier alpha value is -3.23. The predicted molar refractivity (Wildman–Crippen MR) is 120 cm³/mol. The van der Waals surface area contributed by atoms with Crippen molar-refractivity contribution in [1.82, 2.24) is 14.8 Å². The Balaban J connectivity index is 2.34. The second-order valence-corrected chi connectivity index (χ2v) is 7.91. The lowest BCUT2D eigenvalue weighted by Gasteiger charge is -2.11. The van der Waals surface area contributed by atoms with Gasteiger partial charge in [-0.25, -0.2) is 8.78 Å². The molecule has 172 valence electrons. The molecule has 1 aromatic heterocycles. The molecule has 0 spiro atoms. The summed E-state index contributed by atoms with van der Waals surface area (Å²) in [6.45, 7) is 2.31. The van der Waals surface area contributed by atoms with E-state index >= 15 is 0 Å². The number of nitrogens with zero attached hydrogens (tertiary/aromatic N) is 3. The molecule has 0 aliphatic rings. The molecule has 0 fully saturated rings. The van der Waals surface area contributed by atoms with E-state index < -0.39 is 24.4 Å². The van der Waals surface area contributed by atoms with Crippen LogP contribution in [0.4, 0.5) is 14.5 Å². The number of rotatable bonds is 10. The van der Waals surface area contributed by atoms with E-state index in [-0.39, 0.29) is 21.3 Å². The fourth-order valence-corrected chi connectivity index (χ4v) is 3.70. The third kappa shape index (κ3) is 6.90. The van der Waals surface area contributed by atoms with Gasteiger partial charge < -0.3 is 20.3 Å². The number of likely N-dealkylation sites (N-methyl/N-ethyl adjacent to an activating group) is 1. The molecule has 32 heavy (non-hydrogen) atoms. The second-order valence-electron chi connectivity index (χ2n) is 6.88. The maximum Gasteiger partial charge on any atom is 0.270 e. The van der Waals surface area contributed by atoms with Gasteiger partial charge in [0, 0.05) is 31.0 Å². The fraction of sp³-hybridized carbons (Fsp3) is 0.381. The van der Waals surface area contributed by atoms with Crippen LogP contribution in [0, 0.1) is 11.3 Å². The number of nitriles is 1. The first kappa shape index (κ1) is 25.0. The highest BCUT2D eigenvalue weighted by atomic mass is 32.1. The van der Waals surface area contributed by atoms with Crippen LogP contribution < -0.4 is 30.1 Å². The van der Waals surface area contributed by atoms with Crippen molar-refractivity contribution in [3.63, 3.8) is 0 Å². The van der Waals surface area contributed by atoms with E-state index in [1.54, 1.807) is 31.2 Å². The van der Waals surface area contributed by atoms with E-state index in [4.69, 9.17) is 4.74 Å². The van der Waals surface area contributed by atoms with Gasteiger partial charge in [0.15, 0.2) is 5.57 Å². The predicted octanol–water partition coefficient (Wildman–Crippen LogP) is 0.776. The van der Waals surface area contributed by atoms with Crippen LogP contribution in [0.1, 0.15) is 6.92 Å². The minimum Gasteiger partial charge on any atom is -0.492 e. The lowest BCUT2D eigenvalue weighted by Crippen LogP contribution is -2.35. The highest BCUT2D eigenvalue weighted by Gasteiger charge is 2.16. The van der Waals surface area contributed by atoms with Gasteiger partial charge in [-0.05, 0) is 33.2 Å². The molecule has 1 aromatic carbocycles. The number of hydrogen-bond acceptors (Lipinski definition) is 7. The molecule has 0 saturated heterocycles. The number of carbonyl (C=O) groups excluding carboxylic acids is 1. The van der Waals surface area contributed by atoms with Crippen LogP contribution in [0.5, 0.6) is 5.75 Å². The highest BCUT2D eigenvalue weighted by molar-refractivity contribution is 7.07. The third-order valence-corrected chi connectivity index (χ3v) is 5.34. The van der Waals surface area contributed by atoms with Gasteiger partial charge in [0.1, 0.15) is 27.6 Å². The smallest absolute Gasteiger partial charge is 0.270 e. The largest absolute Gasteiger partial charge is 0.492 e. The van der Waals surface area contributed by atoms with Crippen molar-refractivity contribution in [3.8, 4) is 11.8 Å². The molecule has 0 atom stereocenters. The molecule has 11 heteroatoms. The Labute approximate surface area is 188 Å². The summed E-state index contributed by atoms with van der Waals surface area (Å²) in [6, 6.07) is 8.93. The first-order valence-electron chi connectivity index (χ1n) is 9.81. The Bertz CT molecular complexity index is 1150. The number of alkyl halides is 2. The van der Waals surface area contributed by atoms with Crippen LogP contribution >= 0.6 is 11.3 Å². The minimum atomic E-state index is -2.74. The number of thiazole rings is 1. The van der Waals surface area contributed by atoms with Crippen LogP contribution in [0.2, 0.25) is 0 Å².